The maximum absolute atomic E-state index is 13.2. The van der Waals surface area contributed by atoms with E-state index in [0.29, 0.717) is 5.56 Å². The molecule has 170 valence electrons. The molecule has 1 aliphatic rings. The molecule has 0 saturated carbocycles. The Kier molecular flexibility index (Phi) is 6.76. The molecule has 4 rings (SSSR count). The van der Waals surface area contributed by atoms with Crippen LogP contribution in [0.5, 0.6) is 0 Å². The third kappa shape index (κ3) is 4.37. The standard InChI is InChI=1S/C25H27FO5S/c1-13-3-4-16(25-24(30)23(29)22(28)19(12-27)31-25)11-18(13)14(2)20-9-10-21(32-20)15-5-7-17(26)8-6-15/h3-11,14,19,22-25,27-30H,12H2,1-2H3/t14?,19-,22-,23+,24-,25?/m1/s1. The maximum atomic E-state index is 13.2. The Balaban J connectivity index is 1.62. The van der Waals surface area contributed by atoms with Crippen LogP contribution in [0.25, 0.3) is 10.4 Å². The lowest BCUT2D eigenvalue weighted by Gasteiger charge is -2.40. The fourth-order valence-electron chi connectivity index (χ4n) is 4.19. The average molecular weight is 459 g/mol. The largest absolute Gasteiger partial charge is 0.394 e. The summed E-state index contributed by atoms with van der Waals surface area (Å²) in [6.07, 6.45) is -5.92. The summed E-state index contributed by atoms with van der Waals surface area (Å²) in [5.74, 6) is -0.210. The Morgan fingerprint density at radius 3 is 2.38 bits per heavy atom. The van der Waals surface area contributed by atoms with Crippen LogP contribution in [0.4, 0.5) is 4.39 Å². The first-order valence-corrected chi connectivity index (χ1v) is 11.4. The van der Waals surface area contributed by atoms with Crippen LogP contribution in [0.15, 0.2) is 54.6 Å². The molecule has 2 unspecified atom stereocenters. The fraction of sp³-hybridized carbons (Fsp3) is 0.360. The highest BCUT2D eigenvalue weighted by Gasteiger charge is 2.44. The highest BCUT2D eigenvalue weighted by Crippen LogP contribution is 2.39. The van der Waals surface area contributed by atoms with Gasteiger partial charge >= 0.3 is 0 Å². The Labute approximate surface area is 190 Å². The van der Waals surface area contributed by atoms with Crippen LogP contribution in [0.2, 0.25) is 0 Å². The first-order chi connectivity index (χ1) is 15.3. The lowest BCUT2D eigenvalue weighted by Crippen LogP contribution is -2.55. The van der Waals surface area contributed by atoms with E-state index < -0.39 is 37.1 Å². The molecule has 6 atom stereocenters. The van der Waals surface area contributed by atoms with Crippen molar-refractivity contribution in [1.82, 2.24) is 0 Å². The molecule has 0 radical (unpaired) electrons. The first-order valence-electron chi connectivity index (χ1n) is 10.6. The Morgan fingerprint density at radius 2 is 1.69 bits per heavy atom. The summed E-state index contributed by atoms with van der Waals surface area (Å²) in [6, 6.07) is 16.2. The predicted octanol–water partition coefficient (Wildman–Crippen LogP) is 3.53. The van der Waals surface area contributed by atoms with E-state index in [1.54, 1.807) is 23.5 Å². The van der Waals surface area contributed by atoms with Crippen molar-refractivity contribution in [2.75, 3.05) is 6.61 Å². The Hall–Kier alpha value is -2.13. The summed E-state index contributed by atoms with van der Waals surface area (Å²) >= 11 is 1.64. The van der Waals surface area contributed by atoms with Crippen molar-refractivity contribution < 1.29 is 29.6 Å². The van der Waals surface area contributed by atoms with Gasteiger partial charge in [-0.25, -0.2) is 4.39 Å². The summed E-state index contributed by atoms with van der Waals surface area (Å²) in [5, 5.41) is 40.2. The number of ether oxygens (including phenoxy) is 1. The van der Waals surface area contributed by atoms with Crippen LogP contribution in [0, 0.1) is 12.7 Å². The Morgan fingerprint density at radius 1 is 0.969 bits per heavy atom. The molecule has 1 saturated heterocycles. The van der Waals surface area contributed by atoms with Gasteiger partial charge < -0.3 is 25.2 Å². The molecular formula is C25H27FO5S. The molecule has 2 heterocycles. The topological polar surface area (TPSA) is 90.2 Å². The van der Waals surface area contributed by atoms with Gasteiger partial charge in [0.25, 0.3) is 0 Å². The van der Waals surface area contributed by atoms with Gasteiger partial charge in [0.2, 0.25) is 0 Å². The molecule has 0 spiro atoms. The Bertz CT molecular complexity index is 1060. The molecular weight excluding hydrogens is 431 g/mol. The van der Waals surface area contributed by atoms with Crippen molar-refractivity contribution in [1.29, 1.82) is 0 Å². The van der Waals surface area contributed by atoms with Gasteiger partial charge in [-0.1, -0.05) is 37.3 Å². The lowest BCUT2D eigenvalue weighted by atomic mass is 9.87. The van der Waals surface area contributed by atoms with Gasteiger partial charge in [-0.15, -0.1) is 11.3 Å². The molecule has 1 aromatic heterocycles. The van der Waals surface area contributed by atoms with E-state index >= 15 is 0 Å². The summed E-state index contributed by atoms with van der Waals surface area (Å²) < 4.78 is 19.0. The lowest BCUT2D eigenvalue weighted by molar-refractivity contribution is -0.231. The van der Waals surface area contributed by atoms with E-state index in [1.165, 1.54) is 12.1 Å². The number of hydrogen-bond acceptors (Lipinski definition) is 6. The van der Waals surface area contributed by atoms with E-state index in [0.717, 1.165) is 26.4 Å². The second-order valence-corrected chi connectivity index (χ2v) is 9.41. The first kappa shape index (κ1) is 23.0. The van der Waals surface area contributed by atoms with Gasteiger partial charge in [0, 0.05) is 15.7 Å². The van der Waals surface area contributed by atoms with Gasteiger partial charge in [-0.2, -0.15) is 0 Å². The van der Waals surface area contributed by atoms with Crippen molar-refractivity contribution in [3.8, 4) is 10.4 Å². The van der Waals surface area contributed by atoms with Crippen LogP contribution in [0.3, 0.4) is 0 Å². The minimum Gasteiger partial charge on any atom is -0.394 e. The minimum absolute atomic E-state index is 0.0547. The molecule has 4 N–H and O–H groups in total. The number of hydrogen-bond donors (Lipinski definition) is 4. The summed E-state index contributed by atoms with van der Waals surface area (Å²) in [5.41, 5.74) is 3.75. The maximum Gasteiger partial charge on any atom is 0.123 e. The summed E-state index contributed by atoms with van der Waals surface area (Å²) in [6.45, 7) is 3.65. The molecule has 1 fully saturated rings. The van der Waals surface area contributed by atoms with Crippen LogP contribution in [0.1, 0.15) is 40.5 Å². The molecule has 3 aromatic rings. The minimum atomic E-state index is -1.41. The number of benzene rings is 2. The molecule has 0 bridgehead atoms. The zero-order valence-corrected chi connectivity index (χ0v) is 18.7. The molecule has 5 nitrogen and oxygen atoms in total. The monoisotopic (exact) mass is 458 g/mol. The molecule has 1 aliphatic heterocycles. The SMILES string of the molecule is Cc1ccc(C2O[C@H](CO)[C@@H](O)[C@H](O)[C@H]2O)cc1C(C)c1ccc(-c2ccc(F)cc2)s1. The van der Waals surface area contributed by atoms with Crippen molar-refractivity contribution in [2.45, 2.75) is 50.3 Å². The predicted molar refractivity (Wildman–Crippen MR) is 121 cm³/mol. The van der Waals surface area contributed by atoms with E-state index in [4.69, 9.17) is 4.74 Å². The van der Waals surface area contributed by atoms with E-state index in [2.05, 4.69) is 13.0 Å². The molecule has 2 aromatic carbocycles. The number of aryl methyl sites for hydroxylation is 1. The van der Waals surface area contributed by atoms with Crippen LogP contribution in [-0.2, 0) is 4.74 Å². The van der Waals surface area contributed by atoms with Crippen molar-refractivity contribution in [2.24, 2.45) is 0 Å². The second kappa shape index (κ2) is 9.39. The van der Waals surface area contributed by atoms with Crippen LogP contribution in [-0.4, -0.2) is 51.4 Å². The number of rotatable bonds is 5. The van der Waals surface area contributed by atoms with E-state index in [-0.39, 0.29) is 11.7 Å². The van der Waals surface area contributed by atoms with Crippen LogP contribution >= 0.6 is 11.3 Å². The number of aliphatic hydroxyl groups is 4. The van der Waals surface area contributed by atoms with Gasteiger partial charge in [0.1, 0.15) is 36.3 Å². The number of thiophene rings is 1. The normalized spacial score (nSPS) is 26.8. The quantitative estimate of drug-likeness (QED) is 0.470. The van der Waals surface area contributed by atoms with Gasteiger partial charge in [-0.3, -0.25) is 0 Å². The smallest absolute Gasteiger partial charge is 0.123 e. The van der Waals surface area contributed by atoms with Crippen molar-refractivity contribution in [3.05, 3.63) is 82.0 Å². The zero-order chi connectivity index (χ0) is 23.0. The van der Waals surface area contributed by atoms with E-state index in [9.17, 15) is 24.8 Å². The molecule has 0 aliphatic carbocycles. The third-order valence-corrected chi connectivity index (χ3v) is 7.49. The highest BCUT2D eigenvalue weighted by atomic mass is 32.1. The molecule has 0 amide bonds. The van der Waals surface area contributed by atoms with Crippen LogP contribution < -0.4 is 0 Å². The van der Waals surface area contributed by atoms with Gasteiger partial charge in [0.15, 0.2) is 0 Å². The van der Waals surface area contributed by atoms with E-state index in [1.807, 2.05) is 31.2 Å². The molecule has 32 heavy (non-hydrogen) atoms. The van der Waals surface area contributed by atoms with Gasteiger partial charge in [-0.05, 0) is 53.4 Å². The fourth-order valence-corrected chi connectivity index (χ4v) is 5.27. The molecule has 7 heteroatoms. The van der Waals surface area contributed by atoms with Crippen molar-refractivity contribution in [3.63, 3.8) is 0 Å². The number of aliphatic hydroxyl groups excluding tert-OH is 4. The second-order valence-electron chi connectivity index (χ2n) is 8.30. The summed E-state index contributed by atoms with van der Waals surface area (Å²) in [4.78, 5) is 2.19. The third-order valence-electron chi connectivity index (χ3n) is 6.17. The zero-order valence-electron chi connectivity index (χ0n) is 17.9. The summed E-state index contributed by atoms with van der Waals surface area (Å²) in [7, 11) is 0. The van der Waals surface area contributed by atoms with Crippen molar-refractivity contribution >= 4 is 11.3 Å². The average Bonchev–Trinajstić information content (AvgIpc) is 3.29. The van der Waals surface area contributed by atoms with Gasteiger partial charge in [0.05, 0.1) is 6.61 Å². The highest BCUT2D eigenvalue weighted by molar-refractivity contribution is 7.15. The number of halogens is 1.